The molecule has 1 fully saturated rings. The van der Waals surface area contributed by atoms with E-state index in [1.165, 1.54) is 31.9 Å². The molecule has 6 heteroatoms. The van der Waals surface area contributed by atoms with Crippen molar-refractivity contribution in [3.05, 3.63) is 71.4 Å². The Morgan fingerprint density at radius 2 is 1.81 bits per heavy atom. The number of nitrogens with zero attached hydrogens (tertiary/aromatic N) is 1. The van der Waals surface area contributed by atoms with E-state index in [2.05, 4.69) is 15.2 Å². The molecule has 31 heavy (non-hydrogen) atoms. The molecule has 162 valence electrons. The van der Waals surface area contributed by atoms with Crippen molar-refractivity contribution in [2.75, 3.05) is 20.2 Å². The quantitative estimate of drug-likeness (QED) is 0.573. The average molecular weight is 420 g/mol. The van der Waals surface area contributed by atoms with E-state index in [4.69, 9.17) is 4.74 Å². The minimum absolute atomic E-state index is 0.278. The summed E-state index contributed by atoms with van der Waals surface area (Å²) >= 11 is 0. The van der Waals surface area contributed by atoms with Crippen LogP contribution in [0.4, 0.5) is 0 Å². The van der Waals surface area contributed by atoms with E-state index in [1.54, 1.807) is 0 Å². The van der Waals surface area contributed by atoms with Crippen LogP contribution in [0.2, 0.25) is 0 Å². The molecule has 2 N–H and O–H groups in total. The molecule has 0 spiro atoms. The largest absolute Gasteiger partial charge is 0.467 e. The van der Waals surface area contributed by atoms with Gasteiger partial charge in [0.25, 0.3) is 5.91 Å². The highest BCUT2D eigenvalue weighted by Crippen LogP contribution is 2.20. The van der Waals surface area contributed by atoms with Gasteiger partial charge in [-0.1, -0.05) is 36.8 Å². The standard InChI is InChI=1S/C25H29N3O3/c1-31-25(30)23(15-20-16-26-22-8-4-3-7-21(20)22)27-24(29)19-11-9-18(10-12-19)17-28-13-5-2-6-14-28/h3-4,7-12,16,23,26H,2,5-6,13-15,17H2,1H3,(H,27,29). The van der Waals surface area contributed by atoms with Crippen LogP contribution in [-0.2, 0) is 22.5 Å². The molecule has 1 aliphatic heterocycles. The normalized spacial score (nSPS) is 15.5. The van der Waals surface area contributed by atoms with Crippen molar-refractivity contribution >= 4 is 22.8 Å². The van der Waals surface area contributed by atoms with Crippen LogP contribution in [-0.4, -0.2) is 48.0 Å². The maximum absolute atomic E-state index is 12.8. The molecule has 1 aromatic heterocycles. The van der Waals surface area contributed by atoms with Gasteiger partial charge in [0.15, 0.2) is 0 Å². The highest BCUT2D eigenvalue weighted by Gasteiger charge is 2.24. The molecule has 0 radical (unpaired) electrons. The number of esters is 1. The van der Waals surface area contributed by atoms with Crippen molar-refractivity contribution in [1.29, 1.82) is 0 Å². The molecule has 3 aromatic rings. The Balaban J connectivity index is 1.43. The molecule has 4 rings (SSSR count). The molecule has 1 saturated heterocycles. The fourth-order valence-electron chi connectivity index (χ4n) is 4.23. The van der Waals surface area contributed by atoms with Crippen LogP contribution in [0.25, 0.3) is 10.9 Å². The number of carbonyl (C=O) groups excluding carboxylic acids is 2. The van der Waals surface area contributed by atoms with E-state index in [1.807, 2.05) is 54.7 Å². The maximum Gasteiger partial charge on any atom is 0.328 e. The van der Waals surface area contributed by atoms with Gasteiger partial charge in [-0.2, -0.15) is 0 Å². The van der Waals surface area contributed by atoms with Crippen molar-refractivity contribution < 1.29 is 14.3 Å². The third kappa shape index (κ3) is 5.14. The minimum atomic E-state index is -0.760. The molecule has 0 bridgehead atoms. The molecule has 1 unspecified atom stereocenters. The second-order valence-corrected chi connectivity index (χ2v) is 8.15. The molecular weight excluding hydrogens is 390 g/mol. The van der Waals surface area contributed by atoms with E-state index in [9.17, 15) is 9.59 Å². The molecular formula is C25H29N3O3. The van der Waals surface area contributed by atoms with E-state index in [0.717, 1.165) is 36.1 Å². The van der Waals surface area contributed by atoms with Gasteiger partial charge in [-0.05, 0) is 55.3 Å². The van der Waals surface area contributed by atoms with Crippen LogP contribution < -0.4 is 5.32 Å². The van der Waals surface area contributed by atoms with Gasteiger partial charge in [0.2, 0.25) is 0 Å². The molecule has 2 aromatic carbocycles. The molecule has 1 aliphatic rings. The third-order valence-electron chi connectivity index (χ3n) is 5.96. The number of amides is 1. The number of para-hydroxylation sites is 1. The van der Waals surface area contributed by atoms with Gasteiger partial charge in [-0.3, -0.25) is 9.69 Å². The first-order chi connectivity index (χ1) is 15.1. The molecule has 1 atom stereocenters. The maximum atomic E-state index is 12.8. The first kappa shape index (κ1) is 21.1. The number of aromatic nitrogens is 1. The van der Waals surface area contributed by atoms with E-state index >= 15 is 0 Å². The predicted molar refractivity (Wildman–Crippen MR) is 121 cm³/mol. The van der Waals surface area contributed by atoms with Crippen LogP contribution in [0.3, 0.4) is 0 Å². The Hall–Kier alpha value is -3.12. The van der Waals surface area contributed by atoms with Crippen molar-refractivity contribution in [3.8, 4) is 0 Å². The van der Waals surface area contributed by atoms with Crippen molar-refractivity contribution in [2.45, 2.75) is 38.3 Å². The first-order valence-electron chi connectivity index (χ1n) is 10.9. The lowest BCUT2D eigenvalue weighted by atomic mass is 10.0. The Labute approximate surface area is 182 Å². The highest BCUT2D eigenvalue weighted by molar-refractivity contribution is 5.97. The molecule has 0 saturated carbocycles. The fourth-order valence-corrected chi connectivity index (χ4v) is 4.23. The lowest BCUT2D eigenvalue weighted by molar-refractivity contribution is -0.142. The molecule has 0 aliphatic carbocycles. The van der Waals surface area contributed by atoms with E-state index in [0.29, 0.717) is 12.0 Å². The number of fused-ring (bicyclic) bond motifs is 1. The number of ether oxygens (including phenoxy) is 1. The number of methoxy groups -OCH3 is 1. The van der Waals surface area contributed by atoms with E-state index in [-0.39, 0.29) is 5.91 Å². The second-order valence-electron chi connectivity index (χ2n) is 8.15. The number of aromatic amines is 1. The Morgan fingerprint density at radius 1 is 1.06 bits per heavy atom. The predicted octanol–water partition coefficient (Wildman–Crippen LogP) is 3.67. The smallest absolute Gasteiger partial charge is 0.328 e. The number of carbonyl (C=O) groups is 2. The summed E-state index contributed by atoms with van der Waals surface area (Å²) in [5.74, 6) is -0.736. The zero-order valence-electron chi connectivity index (χ0n) is 17.9. The van der Waals surface area contributed by atoms with Crippen molar-refractivity contribution in [1.82, 2.24) is 15.2 Å². The number of piperidine rings is 1. The van der Waals surface area contributed by atoms with Crippen LogP contribution in [0.15, 0.2) is 54.7 Å². The summed E-state index contributed by atoms with van der Waals surface area (Å²) in [5, 5.41) is 3.88. The topological polar surface area (TPSA) is 74.4 Å². The number of likely N-dealkylation sites (tertiary alicyclic amines) is 1. The minimum Gasteiger partial charge on any atom is -0.467 e. The number of hydrogen-bond acceptors (Lipinski definition) is 4. The molecule has 6 nitrogen and oxygen atoms in total. The van der Waals surface area contributed by atoms with Crippen LogP contribution >= 0.6 is 0 Å². The average Bonchev–Trinajstić information content (AvgIpc) is 3.22. The fraction of sp³-hybridized carbons (Fsp3) is 0.360. The first-order valence-corrected chi connectivity index (χ1v) is 10.9. The van der Waals surface area contributed by atoms with Gasteiger partial charge in [-0.15, -0.1) is 0 Å². The second kappa shape index (κ2) is 9.79. The zero-order chi connectivity index (χ0) is 21.6. The van der Waals surface area contributed by atoms with Crippen molar-refractivity contribution in [3.63, 3.8) is 0 Å². The van der Waals surface area contributed by atoms with Gasteiger partial charge in [0.1, 0.15) is 6.04 Å². The number of benzene rings is 2. The van der Waals surface area contributed by atoms with Crippen molar-refractivity contribution in [2.24, 2.45) is 0 Å². The summed E-state index contributed by atoms with van der Waals surface area (Å²) in [4.78, 5) is 30.9. The van der Waals surface area contributed by atoms with Gasteiger partial charge in [0.05, 0.1) is 7.11 Å². The van der Waals surface area contributed by atoms with Crippen LogP contribution in [0, 0.1) is 0 Å². The molecule has 1 amide bonds. The summed E-state index contributed by atoms with van der Waals surface area (Å²) in [6, 6.07) is 14.8. The monoisotopic (exact) mass is 419 g/mol. The number of H-pyrrole nitrogens is 1. The van der Waals surface area contributed by atoms with Gasteiger partial charge >= 0.3 is 5.97 Å². The van der Waals surface area contributed by atoms with Gasteiger partial charge < -0.3 is 15.0 Å². The number of nitrogens with one attached hydrogen (secondary N) is 2. The Morgan fingerprint density at radius 3 is 2.55 bits per heavy atom. The summed E-state index contributed by atoms with van der Waals surface area (Å²) < 4.78 is 4.94. The van der Waals surface area contributed by atoms with E-state index < -0.39 is 12.0 Å². The zero-order valence-corrected chi connectivity index (χ0v) is 17.9. The SMILES string of the molecule is COC(=O)C(Cc1c[nH]c2ccccc12)NC(=O)c1ccc(CN2CCCCC2)cc1. The van der Waals surface area contributed by atoms with Crippen LogP contribution in [0.1, 0.15) is 40.7 Å². The van der Waals surface area contributed by atoms with Gasteiger partial charge in [-0.25, -0.2) is 4.79 Å². The Kier molecular flexibility index (Phi) is 6.67. The highest BCUT2D eigenvalue weighted by atomic mass is 16.5. The summed E-state index contributed by atoms with van der Waals surface area (Å²) in [7, 11) is 1.34. The lowest BCUT2D eigenvalue weighted by Gasteiger charge is -2.26. The lowest BCUT2D eigenvalue weighted by Crippen LogP contribution is -2.43. The number of hydrogen-bond donors (Lipinski definition) is 2. The third-order valence-corrected chi connectivity index (χ3v) is 5.96. The molecule has 2 heterocycles. The number of rotatable bonds is 7. The summed E-state index contributed by atoms with van der Waals surface area (Å²) in [5.41, 5.74) is 3.69. The summed E-state index contributed by atoms with van der Waals surface area (Å²) in [6.45, 7) is 3.18. The van der Waals surface area contributed by atoms with Gasteiger partial charge in [0, 0.05) is 35.6 Å². The summed E-state index contributed by atoms with van der Waals surface area (Å²) in [6.07, 6.45) is 6.06. The van der Waals surface area contributed by atoms with Crippen LogP contribution in [0.5, 0.6) is 0 Å². The Bertz CT molecular complexity index is 1040.